The first-order valence-electron chi connectivity index (χ1n) is 8.72. The molecule has 0 atom stereocenters. The van der Waals surface area contributed by atoms with Gasteiger partial charge in [-0.3, -0.25) is 4.79 Å². The molecule has 0 N–H and O–H groups in total. The average molecular weight is 386 g/mol. The highest BCUT2D eigenvalue weighted by molar-refractivity contribution is 7.16. The predicted molar refractivity (Wildman–Crippen MR) is 105 cm³/mol. The smallest absolute Gasteiger partial charge is 0.286 e. The van der Waals surface area contributed by atoms with E-state index in [0.717, 1.165) is 10.2 Å². The first kappa shape index (κ1) is 19.1. The molecular weight excluding hydrogens is 364 g/mol. The fourth-order valence-electron chi connectivity index (χ4n) is 2.64. The Hall–Kier alpha value is -2.64. The molecule has 27 heavy (non-hydrogen) atoms. The summed E-state index contributed by atoms with van der Waals surface area (Å²) in [4.78, 5) is 17.3. The number of carbonyl (C=O) groups excluding carboxylic acids is 1. The van der Waals surface area contributed by atoms with Gasteiger partial charge in [0.25, 0.3) is 5.91 Å². The van der Waals surface area contributed by atoms with Gasteiger partial charge in [0, 0.05) is 13.2 Å². The summed E-state index contributed by atoms with van der Waals surface area (Å²) in [6.45, 7) is 3.66. The van der Waals surface area contributed by atoms with Crippen LogP contribution < -0.4 is 14.3 Å². The number of para-hydroxylation sites is 3. The van der Waals surface area contributed by atoms with E-state index in [4.69, 9.17) is 14.2 Å². The highest BCUT2D eigenvalue weighted by Crippen LogP contribution is 2.25. The van der Waals surface area contributed by atoms with Gasteiger partial charge in [0.2, 0.25) is 0 Å². The first-order chi connectivity index (χ1) is 13.2. The number of hydrogen-bond acceptors (Lipinski definition) is 5. The van der Waals surface area contributed by atoms with Crippen molar-refractivity contribution in [1.82, 2.24) is 4.57 Å². The topological polar surface area (TPSA) is 62.1 Å². The molecule has 0 saturated carbocycles. The van der Waals surface area contributed by atoms with Gasteiger partial charge in [0.05, 0.1) is 23.9 Å². The van der Waals surface area contributed by atoms with Crippen molar-refractivity contribution in [3.05, 3.63) is 53.3 Å². The van der Waals surface area contributed by atoms with Crippen molar-refractivity contribution in [2.24, 2.45) is 4.99 Å². The Morgan fingerprint density at radius 3 is 2.63 bits per heavy atom. The summed E-state index contributed by atoms with van der Waals surface area (Å²) in [5, 5.41) is 0. The van der Waals surface area contributed by atoms with Gasteiger partial charge in [-0.25, -0.2) is 0 Å². The second-order valence-corrected chi connectivity index (χ2v) is 6.66. The summed E-state index contributed by atoms with van der Waals surface area (Å²) in [7, 11) is 1.56. The van der Waals surface area contributed by atoms with Crippen molar-refractivity contribution in [2.75, 3.05) is 26.9 Å². The maximum Gasteiger partial charge on any atom is 0.286 e. The Labute approximate surface area is 161 Å². The van der Waals surface area contributed by atoms with Gasteiger partial charge < -0.3 is 18.8 Å². The minimum Gasteiger partial charge on any atom is -0.493 e. The van der Waals surface area contributed by atoms with Crippen molar-refractivity contribution in [3.8, 4) is 11.5 Å². The minimum atomic E-state index is -0.349. The molecule has 2 aromatic carbocycles. The molecule has 0 aliphatic carbocycles. The summed E-state index contributed by atoms with van der Waals surface area (Å²) >= 11 is 1.48. The lowest BCUT2D eigenvalue weighted by Crippen LogP contribution is -2.21. The molecule has 142 valence electrons. The van der Waals surface area contributed by atoms with Crippen LogP contribution in [0.1, 0.15) is 6.92 Å². The van der Waals surface area contributed by atoms with Crippen molar-refractivity contribution in [2.45, 2.75) is 13.5 Å². The van der Waals surface area contributed by atoms with E-state index in [0.29, 0.717) is 36.1 Å². The summed E-state index contributed by atoms with van der Waals surface area (Å²) in [5.74, 6) is 0.751. The van der Waals surface area contributed by atoms with E-state index >= 15 is 0 Å². The number of fused-ring (bicyclic) bond motifs is 1. The molecule has 6 nitrogen and oxygen atoms in total. The minimum absolute atomic E-state index is 0.153. The summed E-state index contributed by atoms with van der Waals surface area (Å²) < 4.78 is 19.4. The quantitative estimate of drug-likeness (QED) is 0.558. The highest BCUT2D eigenvalue weighted by Gasteiger charge is 2.09. The van der Waals surface area contributed by atoms with E-state index in [-0.39, 0.29) is 12.5 Å². The number of amides is 1. The SMILES string of the molecule is CCOCCn1c(=NC(=O)COc2ccccc2OC)sc2ccccc21. The third kappa shape index (κ3) is 4.75. The molecule has 0 aliphatic heterocycles. The van der Waals surface area contributed by atoms with Gasteiger partial charge in [-0.15, -0.1) is 0 Å². The molecule has 0 saturated heterocycles. The van der Waals surface area contributed by atoms with Gasteiger partial charge in [0.1, 0.15) is 0 Å². The molecule has 3 rings (SSSR count). The van der Waals surface area contributed by atoms with Gasteiger partial charge in [-0.2, -0.15) is 4.99 Å². The number of ether oxygens (including phenoxy) is 3. The fraction of sp³-hybridized carbons (Fsp3) is 0.300. The molecular formula is C20H22N2O4S. The van der Waals surface area contributed by atoms with Gasteiger partial charge >= 0.3 is 0 Å². The monoisotopic (exact) mass is 386 g/mol. The highest BCUT2D eigenvalue weighted by atomic mass is 32.1. The number of aromatic nitrogens is 1. The third-order valence-electron chi connectivity index (χ3n) is 3.89. The molecule has 1 heterocycles. The fourth-order valence-corrected chi connectivity index (χ4v) is 3.71. The van der Waals surface area contributed by atoms with Gasteiger partial charge in [0.15, 0.2) is 22.9 Å². The zero-order valence-electron chi connectivity index (χ0n) is 15.4. The third-order valence-corrected chi connectivity index (χ3v) is 4.95. The molecule has 0 bridgehead atoms. The van der Waals surface area contributed by atoms with Crippen LogP contribution in [0.5, 0.6) is 11.5 Å². The molecule has 0 spiro atoms. The van der Waals surface area contributed by atoms with Crippen LogP contribution in [0.15, 0.2) is 53.5 Å². The summed E-state index contributed by atoms with van der Waals surface area (Å²) in [6.07, 6.45) is 0. The van der Waals surface area contributed by atoms with E-state index in [1.807, 2.05) is 47.9 Å². The second-order valence-electron chi connectivity index (χ2n) is 5.65. The Morgan fingerprint density at radius 2 is 1.85 bits per heavy atom. The number of carbonyl (C=O) groups is 1. The molecule has 0 unspecified atom stereocenters. The molecule has 0 aliphatic rings. The second kappa shape index (κ2) is 9.34. The zero-order valence-corrected chi connectivity index (χ0v) is 16.2. The van der Waals surface area contributed by atoms with E-state index in [2.05, 4.69) is 4.99 Å². The van der Waals surface area contributed by atoms with E-state index in [1.165, 1.54) is 11.3 Å². The normalized spacial score (nSPS) is 11.7. The van der Waals surface area contributed by atoms with Gasteiger partial charge in [-0.1, -0.05) is 35.6 Å². The van der Waals surface area contributed by atoms with Crippen molar-refractivity contribution < 1.29 is 19.0 Å². The lowest BCUT2D eigenvalue weighted by atomic mass is 10.3. The number of thiazole rings is 1. The van der Waals surface area contributed by atoms with Crippen LogP contribution in [-0.2, 0) is 16.1 Å². The predicted octanol–water partition coefficient (Wildman–Crippen LogP) is 3.25. The van der Waals surface area contributed by atoms with Crippen LogP contribution >= 0.6 is 11.3 Å². The largest absolute Gasteiger partial charge is 0.493 e. The van der Waals surface area contributed by atoms with Crippen LogP contribution in [-0.4, -0.2) is 37.4 Å². The lowest BCUT2D eigenvalue weighted by molar-refractivity contribution is -0.120. The number of nitrogens with zero attached hydrogens (tertiary/aromatic N) is 2. The maximum absolute atomic E-state index is 12.4. The van der Waals surface area contributed by atoms with E-state index < -0.39 is 0 Å². The molecule has 0 radical (unpaired) electrons. The average Bonchev–Trinajstić information content (AvgIpc) is 3.04. The standard InChI is InChI=1S/C20H22N2O4S/c1-3-25-13-12-22-15-8-4-7-11-18(15)27-20(22)21-19(23)14-26-17-10-6-5-9-16(17)24-2/h4-11H,3,12-14H2,1-2H3. The van der Waals surface area contributed by atoms with Crippen LogP contribution in [0.3, 0.4) is 0 Å². The van der Waals surface area contributed by atoms with Crippen LogP contribution in [0.25, 0.3) is 10.2 Å². The Balaban J connectivity index is 1.81. The lowest BCUT2D eigenvalue weighted by Gasteiger charge is -2.08. The molecule has 3 aromatic rings. The van der Waals surface area contributed by atoms with Gasteiger partial charge in [-0.05, 0) is 31.2 Å². The summed E-state index contributed by atoms with van der Waals surface area (Å²) in [5.41, 5.74) is 1.04. The zero-order chi connectivity index (χ0) is 19.1. The maximum atomic E-state index is 12.4. The van der Waals surface area contributed by atoms with Crippen LogP contribution in [0.2, 0.25) is 0 Å². The number of benzene rings is 2. The molecule has 1 amide bonds. The Kier molecular flexibility index (Phi) is 6.62. The molecule has 1 aromatic heterocycles. The summed E-state index contributed by atoms with van der Waals surface area (Å²) in [6, 6.07) is 15.2. The number of rotatable bonds is 8. The van der Waals surface area contributed by atoms with Crippen molar-refractivity contribution in [3.63, 3.8) is 0 Å². The van der Waals surface area contributed by atoms with Crippen molar-refractivity contribution in [1.29, 1.82) is 0 Å². The Morgan fingerprint density at radius 1 is 1.11 bits per heavy atom. The number of hydrogen-bond donors (Lipinski definition) is 0. The molecule has 7 heteroatoms. The van der Waals surface area contributed by atoms with E-state index in [1.54, 1.807) is 19.2 Å². The Bertz CT molecular complexity index is 977. The van der Waals surface area contributed by atoms with Crippen LogP contribution in [0.4, 0.5) is 0 Å². The van der Waals surface area contributed by atoms with E-state index in [9.17, 15) is 4.79 Å². The first-order valence-corrected chi connectivity index (χ1v) is 9.54. The van der Waals surface area contributed by atoms with Crippen molar-refractivity contribution >= 4 is 27.5 Å². The molecule has 0 fully saturated rings. The van der Waals surface area contributed by atoms with Crippen LogP contribution in [0, 0.1) is 0 Å². The number of methoxy groups -OCH3 is 1.